The van der Waals surface area contributed by atoms with Gasteiger partial charge in [0.15, 0.2) is 5.65 Å². The van der Waals surface area contributed by atoms with Crippen molar-refractivity contribution in [3.05, 3.63) is 81.1 Å². The molecule has 1 saturated heterocycles. The molecular weight excluding hydrogens is 504 g/mol. The summed E-state index contributed by atoms with van der Waals surface area (Å²) in [6.07, 6.45) is 4.89. The third-order valence-electron chi connectivity index (χ3n) is 6.75. The first-order valence-electron chi connectivity index (χ1n) is 12.6. The van der Waals surface area contributed by atoms with Gasteiger partial charge in [-0.2, -0.15) is 4.98 Å². The molecule has 0 aliphatic carbocycles. The topological polar surface area (TPSA) is 93.2 Å². The van der Waals surface area contributed by atoms with Gasteiger partial charge in [-0.25, -0.2) is 14.3 Å². The van der Waals surface area contributed by atoms with Crippen LogP contribution in [-0.4, -0.2) is 62.0 Å². The van der Waals surface area contributed by atoms with Gasteiger partial charge in [0.2, 0.25) is 5.95 Å². The highest BCUT2D eigenvalue weighted by Gasteiger charge is 2.19. The maximum atomic E-state index is 13.2. The largest absolute Gasteiger partial charge is 0.368 e. The quantitative estimate of drug-likeness (QED) is 0.362. The van der Waals surface area contributed by atoms with Crippen molar-refractivity contribution in [2.24, 2.45) is 0 Å². The lowest BCUT2D eigenvalue weighted by atomic mass is 10.2. The van der Waals surface area contributed by atoms with Crippen LogP contribution < -0.4 is 21.3 Å². The Morgan fingerprint density at radius 2 is 1.89 bits per heavy atom. The summed E-state index contributed by atoms with van der Waals surface area (Å²) in [6, 6.07) is 8.94. The van der Waals surface area contributed by atoms with Crippen molar-refractivity contribution >= 4 is 40.0 Å². The number of anilines is 3. The number of hydrogen-bond donors (Lipinski definition) is 1. The second-order valence-corrected chi connectivity index (χ2v) is 10.1. The predicted octanol–water partition coefficient (Wildman–Crippen LogP) is 3.66. The molecule has 1 fully saturated rings. The molecule has 4 heterocycles. The van der Waals surface area contributed by atoms with Gasteiger partial charge in [0, 0.05) is 56.4 Å². The average molecular weight is 535 g/mol. The molecule has 198 valence electrons. The number of likely N-dealkylation sites (N-methyl/N-ethyl adjacent to an activating group) is 1. The van der Waals surface area contributed by atoms with Gasteiger partial charge < -0.3 is 19.7 Å². The summed E-state index contributed by atoms with van der Waals surface area (Å²) in [4.78, 5) is 39.3. The summed E-state index contributed by atoms with van der Waals surface area (Å²) in [5.74, 6) is 0.322. The predicted molar refractivity (Wildman–Crippen MR) is 152 cm³/mol. The number of allylic oxidation sites excluding steroid dienone is 1. The molecule has 0 atom stereocenters. The van der Waals surface area contributed by atoms with Crippen LogP contribution in [0.1, 0.15) is 19.9 Å². The second kappa shape index (κ2) is 10.5. The molecule has 0 bridgehead atoms. The van der Waals surface area contributed by atoms with Crippen LogP contribution in [0.25, 0.3) is 16.7 Å². The summed E-state index contributed by atoms with van der Waals surface area (Å²) in [6.45, 7) is 11.8. The van der Waals surface area contributed by atoms with E-state index < -0.39 is 0 Å². The number of halogens is 1. The van der Waals surface area contributed by atoms with Crippen LogP contribution in [0.15, 0.2) is 65.0 Å². The zero-order chi connectivity index (χ0) is 27.0. The van der Waals surface area contributed by atoms with E-state index in [1.807, 2.05) is 32.0 Å². The molecule has 10 nitrogen and oxygen atoms in total. The first kappa shape index (κ1) is 25.7. The zero-order valence-electron chi connectivity index (χ0n) is 21.8. The van der Waals surface area contributed by atoms with Gasteiger partial charge in [-0.05, 0) is 45.2 Å². The number of nitrogens with one attached hydrogen (secondary N) is 1. The van der Waals surface area contributed by atoms with E-state index >= 15 is 0 Å². The Morgan fingerprint density at radius 1 is 1.13 bits per heavy atom. The van der Waals surface area contributed by atoms with Crippen LogP contribution in [0, 0.1) is 0 Å². The molecule has 0 spiro atoms. The van der Waals surface area contributed by atoms with Crippen molar-refractivity contribution in [1.82, 2.24) is 28.8 Å². The molecule has 1 aromatic carbocycles. The lowest BCUT2D eigenvalue weighted by Gasteiger charge is -2.34. The third kappa shape index (κ3) is 4.84. The Bertz CT molecular complexity index is 1610. The molecule has 0 amide bonds. The minimum atomic E-state index is -0.242. The van der Waals surface area contributed by atoms with E-state index in [0.29, 0.717) is 27.7 Å². The van der Waals surface area contributed by atoms with Crippen LogP contribution >= 0.6 is 11.6 Å². The lowest BCUT2D eigenvalue weighted by Crippen LogP contribution is -2.44. The highest BCUT2D eigenvalue weighted by molar-refractivity contribution is 6.33. The van der Waals surface area contributed by atoms with Crippen molar-refractivity contribution in [1.29, 1.82) is 0 Å². The highest BCUT2D eigenvalue weighted by atomic mass is 35.5. The smallest absolute Gasteiger partial charge is 0.278 e. The van der Waals surface area contributed by atoms with Crippen LogP contribution in [0.5, 0.6) is 0 Å². The minimum Gasteiger partial charge on any atom is -0.368 e. The molecule has 1 aliphatic rings. The number of fused-ring (bicyclic) bond motifs is 1. The summed E-state index contributed by atoms with van der Waals surface area (Å²) < 4.78 is 4.85. The summed E-state index contributed by atoms with van der Waals surface area (Å²) in [5.41, 5.74) is 2.43. The van der Waals surface area contributed by atoms with E-state index in [4.69, 9.17) is 16.6 Å². The highest BCUT2D eigenvalue weighted by Crippen LogP contribution is 2.30. The van der Waals surface area contributed by atoms with Crippen molar-refractivity contribution < 1.29 is 0 Å². The monoisotopic (exact) mass is 534 g/mol. The maximum absolute atomic E-state index is 13.2. The van der Waals surface area contributed by atoms with Gasteiger partial charge >= 0.3 is 0 Å². The molecule has 0 unspecified atom stereocenters. The molecule has 0 saturated carbocycles. The Hall–Kier alpha value is -3.89. The zero-order valence-corrected chi connectivity index (χ0v) is 22.5. The second-order valence-electron chi connectivity index (χ2n) is 9.73. The molecule has 38 heavy (non-hydrogen) atoms. The summed E-state index contributed by atoms with van der Waals surface area (Å²) in [7, 11) is 2.12. The Balaban J connectivity index is 1.53. The van der Waals surface area contributed by atoms with Gasteiger partial charge in [-0.1, -0.05) is 17.7 Å². The van der Waals surface area contributed by atoms with Crippen molar-refractivity contribution in [3.63, 3.8) is 0 Å². The number of benzene rings is 1. The first-order valence-corrected chi connectivity index (χ1v) is 13.0. The van der Waals surface area contributed by atoms with Crippen LogP contribution in [-0.2, 0) is 6.54 Å². The molecule has 11 heteroatoms. The standard InChI is InChI=1S/C27H31ClN8O2/c1-5-10-35-26(38)21-16-29-27(31-25(21)36(35)20-7-9-24(37)34(17-20)18(2)3)30-19-6-8-23(22(28)15-19)33-13-11-32(4)12-14-33/h5-9,15-18H,1,10-14H2,2-4H3,(H,29,30,31). The summed E-state index contributed by atoms with van der Waals surface area (Å²) >= 11 is 6.66. The van der Waals surface area contributed by atoms with Gasteiger partial charge in [0.25, 0.3) is 11.1 Å². The average Bonchev–Trinajstić information content (AvgIpc) is 3.16. The van der Waals surface area contributed by atoms with Gasteiger partial charge in [-0.3, -0.25) is 9.59 Å². The molecule has 0 radical (unpaired) electrons. The maximum Gasteiger partial charge on any atom is 0.278 e. The lowest BCUT2D eigenvalue weighted by molar-refractivity contribution is 0.313. The first-order chi connectivity index (χ1) is 18.3. The number of rotatable bonds is 7. The normalized spacial score (nSPS) is 14.4. The molecule has 3 aromatic heterocycles. The van der Waals surface area contributed by atoms with Crippen LogP contribution in [0.3, 0.4) is 0 Å². The fraction of sp³-hybridized carbons (Fsp3) is 0.333. The van der Waals surface area contributed by atoms with E-state index in [-0.39, 0.29) is 23.7 Å². The van der Waals surface area contributed by atoms with E-state index in [9.17, 15) is 9.59 Å². The van der Waals surface area contributed by atoms with Crippen LogP contribution in [0.4, 0.5) is 17.3 Å². The number of hydrogen-bond acceptors (Lipinski definition) is 7. The number of aromatic nitrogens is 5. The number of pyridine rings is 1. The van der Waals surface area contributed by atoms with Gasteiger partial charge in [0.05, 0.1) is 22.9 Å². The van der Waals surface area contributed by atoms with E-state index in [2.05, 4.69) is 33.7 Å². The minimum absolute atomic E-state index is 0.0470. The van der Waals surface area contributed by atoms with E-state index in [1.54, 1.807) is 27.6 Å². The van der Waals surface area contributed by atoms with Crippen molar-refractivity contribution in [2.45, 2.75) is 26.4 Å². The van der Waals surface area contributed by atoms with Gasteiger partial charge in [0.1, 0.15) is 5.39 Å². The number of nitrogens with zero attached hydrogens (tertiary/aromatic N) is 7. The van der Waals surface area contributed by atoms with E-state index in [1.165, 1.54) is 16.9 Å². The van der Waals surface area contributed by atoms with Crippen LogP contribution in [0.2, 0.25) is 5.02 Å². The fourth-order valence-electron chi connectivity index (χ4n) is 4.68. The molecule has 1 aliphatic heterocycles. The van der Waals surface area contributed by atoms with Crippen molar-refractivity contribution in [3.8, 4) is 5.69 Å². The van der Waals surface area contributed by atoms with E-state index in [0.717, 1.165) is 37.6 Å². The third-order valence-corrected chi connectivity index (χ3v) is 7.05. The number of piperazine rings is 1. The molecule has 4 aromatic rings. The fourth-order valence-corrected chi connectivity index (χ4v) is 4.98. The summed E-state index contributed by atoms with van der Waals surface area (Å²) in [5, 5.41) is 4.23. The Labute approximate surface area is 225 Å². The van der Waals surface area contributed by atoms with Gasteiger partial charge in [-0.15, -0.1) is 6.58 Å². The SMILES string of the molecule is C=CCn1c(=O)c2cnc(Nc3ccc(N4CCN(C)CC4)c(Cl)c3)nc2n1-c1ccc(=O)n(C(C)C)c1. The Kier molecular flexibility index (Phi) is 7.09. The molecule has 5 rings (SSSR count). The molecule has 1 N–H and O–H groups in total. The molecular formula is C27H31ClN8O2. The Morgan fingerprint density at radius 3 is 2.58 bits per heavy atom. The van der Waals surface area contributed by atoms with Crippen molar-refractivity contribution in [2.75, 3.05) is 43.4 Å².